The van der Waals surface area contributed by atoms with Crippen molar-refractivity contribution in [2.75, 3.05) is 6.26 Å². The molecule has 0 saturated heterocycles. The van der Waals surface area contributed by atoms with Gasteiger partial charge >= 0.3 is 5.97 Å². The van der Waals surface area contributed by atoms with Crippen molar-refractivity contribution in [3.8, 4) is 0 Å². The van der Waals surface area contributed by atoms with Gasteiger partial charge in [-0.25, -0.2) is 8.42 Å². The van der Waals surface area contributed by atoms with Crippen LogP contribution in [0.4, 0.5) is 0 Å². The SMILES string of the molecule is CC(=O)OC(O)C(Cc1ccc(S(C)(=O)=O)cc1)N1C(=O)c2ccccc2C1O. The summed E-state index contributed by atoms with van der Waals surface area (Å²) in [6.07, 6.45) is -1.89. The Hall–Kier alpha value is -2.75. The molecule has 8 nitrogen and oxygen atoms in total. The maximum atomic E-state index is 12.8. The van der Waals surface area contributed by atoms with E-state index >= 15 is 0 Å². The Balaban J connectivity index is 1.94. The van der Waals surface area contributed by atoms with Crippen molar-refractivity contribution in [3.05, 3.63) is 65.2 Å². The Morgan fingerprint density at radius 1 is 1.17 bits per heavy atom. The van der Waals surface area contributed by atoms with Crippen molar-refractivity contribution in [2.45, 2.75) is 36.8 Å². The quantitative estimate of drug-likeness (QED) is 0.530. The van der Waals surface area contributed by atoms with Crippen LogP contribution in [0.3, 0.4) is 0 Å². The van der Waals surface area contributed by atoms with Crippen molar-refractivity contribution < 1.29 is 33.0 Å². The number of fused-ring (bicyclic) bond motifs is 1. The average molecular weight is 419 g/mol. The Morgan fingerprint density at radius 2 is 1.79 bits per heavy atom. The van der Waals surface area contributed by atoms with Gasteiger partial charge in [-0.05, 0) is 30.2 Å². The lowest BCUT2D eigenvalue weighted by Crippen LogP contribution is -2.48. The number of nitrogens with zero attached hydrogens (tertiary/aromatic N) is 1. The minimum atomic E-state index is -3.37. The molecule has 3 unspecified atom stereocenters. The van der Waals surface area contributed by atoms with Gasteiger partial charge in [0.05, 0.1) is 4.90 Å². The predicted octanol–water partition coefficient (Wildman–Crippen LogP) is 1.03. The van der Waals surface area contributed by atoms with Crippen LogP contribution in [0.5, 0.6) is 0 Å². The van der Waals surface area contributed by atoms with E-state index < -0.39 is 40.3 Å². The topological polar surface area (TPSA) is 121 Å². The van der Waals surface area contributed by atoms with Crippen LogP contribution in [-0.4, -0.2) is 54.0 Å². The number of sulfone groups is 1. The summed E-state index contributed by atoms with van der Waals surface area (Å²) in [7, 11) is -3.37. The molecular formula is C20H21NO7S. The van der Waals surface area contributed by atoms with E-state index in [0.717, 1.165) is 18.1 Å². The Bertz CT molecular complexity index is 1030. The standard InChI is InChI=1S/C20H21NO7S/c1-12(22)28-20(25)17(11-13-7-9-14(10-8-13)29(2,26)27)21-18(23)15-5-3-4-6-16(15)19(21)24/h3-10,17-18,20,23,25H,11H2,1-2H3. The van der Waals surface area contributed by atoms with Gasteiger partial charge in [-0.3, -0.25) is 14.5 Å². The van der Waals surface area contributed by atoms with Crippen molar-refractivity contribution in [2.24, 2.45) is 0 Å². The lowest BCUT2D eigenvalue weighted by molar-refractivity contribution is -0.180. The van der Waals surface area contributed by atoms with Crippen LogP contribution >= 0.6 is 0 Å². The summed E-state index contributed by atoms with van der Waals surface area (Å²) >= 11 is 0. The highest BCUT2D eigenvalue weighted by Gasteiger charge is 2.43. The average Bonchev–Trinajstić information content (AvgIpc) is 2.90. The van der Waals surface area contributed by atoms with Crippen LogP contribution < -0.4 is 0 Å². The monoisotopic (exact) mass is 419 g/mol. The second-order valence-corrected chi connectivity index (χ2v) is 8.88. The van der Waals surface area contributed by atoms with E-state index in [0.29, 0.717) is 16.7 Å². The zero-order valence-corrected chi connectivity index (χ0v) is 16.7. The molecule has 0 spiro atoms. The third-order valence-electron chi connectivity index (χ3n) is 4.74. The number of benzene rings is 2. The fraction of sp³-hybridized carbons (Fsp3) is 0.300. The molecular weight excluding hydrogens is 398 g/mol. The van der Waals surface area contributed by atoms with Gasteiger partial charge in [-0.2, -0.15) is 0 Å². The second kappa shape index (κ2) is 7.94. The Labute approximate surface area is 168 Å². The normalized spacial score (nSPS) is 18.3. The predicted molar refractivity (Wildman–Crippen MR) is 102 cm³/mol. The van der Waals surface area contributed by atoms with Gasteiger partial charge < -0.3 is 14.9 Å². The molecule has 1 aliphatic rings. The van der Waals surface area contributed by atoms with Crippen molar-refractivity contribution in [1.29, 1.82) is 0 Å². The van der Waals surface area contributed by atoms with Gasteiger partial charge in [0.25, 0.3) is 5.91 Å². The van der Waals surface area contributed by atoms with Crippen LogP contribution in [0.1, 0.15) is 34.6 Å². The summed E-state index contributed by atoms with van der Waals surface area (Å²) in [5, 5.41) is 21.1. The first-order valence-electron chi connectivity index (χ1n) is 8.83. The van der Waals surface area contributed by atoms with Gasteiger partial charge in [0, 0.05) is 24.3 Å². The summed E-state index contributed by atoms with van der Waals surface area (Å²) in [5.41, 5.74) is 1.28. The first-order chi connectivity index (χ1) is 13.6. The third kappa shape index (κ3) is 4.31. The van der Waals surface area contributed by atoms with E-state index in [9.17, 15) is 28.2 Å². The second-order valence-electron chi connectivity index (χ2n) is 6.86. The molecule has 154 valence electrons. The number of aliphatic hydroxyl groups is 2. The lowest BCUT2D eigenvalue weighted by atomic mass is 10.0. The number of carbonyl (C=O) groups excluding carboxylic acids is 2. The molecule has 0 radical (unpaired) electrons. The zero-order chi connectivity index (χ0) is 21.3. The van der Waals surface area contributed by atoms with E-state index in [1.54, 1.807) is 36.4 Å². The molecule has 9 heteroatoms. The number of esters is 1. The molecule has 0 fully saturated rings. The van der Waals surface area contributed by atoms with Crippen LogP contribution in [0.25, 0.3) is 0 Å². The van der Waals surface area contributed by atoms with Gasteiger partial charge in [0.15, 0.2) is 16.1 Å². The van der Waals surface area contributed by atoms with Crippen molar-refractivity contribution in [3.63, 3.8) is 0 Å². The van der Waals surface area contributed by atoms with E-state index in [2.05, 4.69) is 0 Å². The molecule has 3 rings (SSSR count). The largest absolute Gasteiger partial charge is 0.434 e. The summed E-state index contributed by atoms with van der Waals surface area (Å²) < 4.78 is 28.2. The maximum absolute atomic E-state index is 12.8. The van der Waals surface area contributed by atoms with Crippen LogP contribution in [0, 0.1) is 0 Å². The van der Waals surface area contributed by atoms with Gasteiger partial charge in [0.1, 0.15) is 6.04 Å². The van der Waals surface area contributed by atoms with Gasteiger partial charge in [-0.15, -0.1) is 0 Å². The molecule has 1 aliphatic heterocycles. The molecule has 29 heavy (non-hydrogen) atoms. The smallest absolute Gasteiger partial charge is 0.305 e. The zero-order valence-electron chi connectivity index (χ0n) is 15.8. The van der Waals surface area contributed by atoms with Gasteiger partial charge in [0.2, 0.25) is 6.29 Å². The summed E-state index contributed by atoms with van der Waals surface area (Å²) in [6.45, 7) is 1.12. The number of rotatable bonds is 6. The highest BCUT2D eigenvalue weighted by molar-refractivity contribution is 7.90. The molecule has 3 atom stereocenters. The number of carbonyl (C=O) groups is 2. The molecule has 2 aromatic rings. The number of amides is 1. The van der Waals surface area contributed by atoms with Crippen molar-refractivity contribution in [1.82, 2.24) is 4.90 Å². The molecule has 1 amide bonds. The fourth-order valence-electron chi connectivity index (χ4n) is 3.35. The molecule has 2 aromatic carbocycles. The highest BCUT2D eigenvalue weighted by atomic mass is 32.2. The summed E-state index contributed by atoms with van der Waals surface area (Å²) in [4.78, 5) is 25.4. The number of ether oxygens (including phenoxy) is 1. The van der Waals surface area contributed by atoms with Gasteiger partial charge in [-0.1, -0.05) is 30.3 Å². The van der Waals surface area contributed by atoms with Crippen LogP contribution in [0.15, 0.2) is 53.4 Å². The molecule has 0 aliphatic carbocycles. The third-order valence-corrected chi connectivity index (χ3v) is 5.87. The molecule has 1 heterocycles. The maximum Gasteiger partial charge on any atom is 0.305 e. The first kappa shape index (κ1) is 21.0. The number of hydrogen-bond donors (Lipinski definition) is 2. The van der Waals surface area contributed by atoms with E-state index in [4.69, 9.17) is 4.74 Å². The van der Waals surface area contributed by atoms with Crippen LogP contribution in [-0.2, 0) is 25.8 Å². The molecule has 0 aromatic heterocycles. The lowest BCUT2D eigenvalue weighted by Gasteiger charge is -2.33. The summed E-state index contributed by atoms with van der Waals surface area (Å²) in [6, 6.07) is 11.3. The highest BCUT2D eigenvalue weighted by Crippen LogP contribution is 2.35. The van der Waals surface area contributed by atoms with E-state index in [-0.39, 0.29) is 11.3 Å². The van der Waals surface area contributed by atoms with E-state index in [1.807, 2.05) is 0 Å². The number of hydrogen-bond acceptors (Lipinski definition) is 7. The van der Waals surface area contributed by atoms with Crippen LogP contribution in [0.2, 0.25) is 0 Å². The number of aliphatic hydroxyl groups excluding tert-OH is 2. The molecule has 0 saturated carbocycles. The van der Waals surface area contributed by atoms with Crippen molar-refractivity contribution >= 4 is 21.7 Å². The first-order valence-corrected chi connectivity index (χ1v) is 10.7. The Kier molecular flexibility index (Phi) is 5.74. The molecule has 0 bridgehead atoms. The minimum Gasteiger partial charge on any atom is -0.434 e. The Morgan fingerprint density at radius 3 is 2.34 bits per heavy atom. The minimum absolute atomic E-state index is 0.0231. The summed E-state index contributed by atoms with van der Waals surface area (Å²) in [5.74, 6) is -1.24. The fourth-order valence-corrected chi connectivity index (χ4v) is 3.98. The van der Waals surface area contributed by atoms with E-state index in [1.165, 1.54) is 12.1 Å². The molecule has 2 N–H and O–H groups in total.